The molecule has 0 atom stereocenters. The normalized spacial score (nSPS) is 14.0. The van der Waals surface area contributed by atoms with Crippen LogP contribution in [0.1, 0.15) is 290 Å². The van der Waals surface area contributed by atoms with E-state index < -0.39 is 0 Å². The molecule has 0 spiro atoms. The topological polar surface area (TPSA) is 16.3 Å². The summed E-state index contributed by atoms with van der Waals surface area (Å²) in [5.74, 6) is 0. The highest BCUT2D eigenvalue weighted by Gasteiger charge is 2.47. The predicted octanol–water partition coefficient (Wildman–Crippen LogP) is 32.9. The Morgan fingerprint density at radius 2 is 0.457 bits per heavy atom. The highest BCUT2D eigenvalue weighted by molar-refractivity contribution is 7.00. The summed E-state index contributed by atoms with van der Waals surface area (Å²) in [5, 5.41) is 5.07. The molecule has 650 valence electrons. The van der Waals surface area contributed by atoms with Crippen LogP contribution in [0.5, 0.6) is 0 Å². The van der Waals surface area contributed by atoms with E-state index in [4.69, 9.17) is 0 Å². The van der Waals surface area contributed by atoms with Crippen LogP contribution < -0.4 is 26.2 Å². The van der Waals surface area contributed by atoms with Gasteiger partial charge in [0.15, 0.2) is 0 Å². The van der Waals surface area contributed by atoms with Crippen LogP contribution in [0.3, 0.4) is 0 Å². The molecule has 5 heteroatoms. The molecule has 0 bridgehead atoms. The first kappa shape index (κ1) is 88.2. The zero-order valence-electron chi connectivity index (χ0n) is 83.0. The molecule has 0 fully saturated rings. The van der Waals surface area contributed by atoms with E-state index in [-0.39, 0.29) is 66.3 Å². The number of fused-ring (bicyclic) bond motifs is 10. The first-order valence-corrected chi connectivity index (χ1v) is 47.0. The molecule has 0 radical (unpaired) electrons. The van der Waals surface area contributed by atoms with Crippen molar-refractivity contribution in [2.45, 2.75) is 288 Å². The largest absolute Gasteiger partial charge is 0.311 e. The Morgan fingerprint density at radius 3 is 0.717 bits per heavy atom. The smallest absolute Gasteiger partial charge is 0.252 e. The van der Waals surface area contributed by atoms with Gasteiger partial charge in [-0.2, -0.15) is 0 Å². The van der Waals surface area contributed by atoms with Crippen LogP contribution in [0.15, 0.2) is 243 Å². The average molecular weight is 1670 g/mol. The lowest BCUT2D eigenvalue weighted by Crippen LogP contribution is -2.61. The Balaban J connectivity index is 1.08. The van der Waals surface area contributed by atoms with Gasteiger partial charge in [-0.15, -0.1) is 0 Å². The van der Waals surface area contributed by atoms with Gasteiger partial charge in [0.2, 0.25) is 0 Å². The number of hydrogen-bond acceptors (Lipinski definition) is 2. The van der Waals surface area contributed by atoms with Gasteiger partial charge >= 0.3 is 0 Å². The van der Waals surface area contributed by atoms with Crippen LogP contribution in [-0.2, 0) is 59.6 Å². The van der Waals surface area contributed by atoms with Crippen molar-refractivity contribution in [3.63, 3.8) is 0 Å². The fourth-order valence-electron chi connectivity index (χ4n) is 20.4. The zero-order chi connectivity index (χ0) is 91.6. The van der Waals surface area contributed by atoms with E-state index in [0.717, 1.165) is 45.3 Å². The molecule has 0 unspecified atom stereocenters. The maximum absolute atomic E-state index is 2.78. The van der Waals surface area contributed by atoms with Crippen molar-refractivity contribution in [1.29, 1.82) is 0 Å². The molecule has 0 aliphatic carbocycles. The van der Waals surface area contributed by atoms with Crippen molar-refractivity contribution >= 4 is 101 Å². The fourth-order valence-corrected chi connectivity index (χ4v) is 20.4. The van der Waals surface area contributed by atoms with Gasteiger partial charge < -0.3 is 18.9 Å². The maximum Gasteiger partial charge on any atom is 0.252 e. The second-order valence-electron chi connectivity index (χ2n) is 48.9. The van der Waals surface area contributed by atoms with Crippen LogP contribution >= 0.6 is 0 Å². The van der Waals surface area contributed by atoms with Gasteiger partial charge in [0.25, 0.3) is 6.71 Å². The van der Waals surface area contributed by atoms with Gasteiger partial charge in [0, 0.05) is 66.8 Å². The molecular weight excluding hydrogens is 1530 g/mol. The van der Waals surface area contributed by atoms with E-state index in [0.29, 0.717) is 0 Å². The van der Waals surface area contributed by atoms with Gasteiger partial charge in [0.05, 0.1) is 33.4 Å². The zero-order valence-corrected chi connectivity index (χ0v) is 83.0. The lowest BCUT2D eigenvalue weighted by Gasteiger charge is -2.46. The molecule has 17 rings (SSSR count). The van der Waals surface area contributed by atoms with Crippen molar-refractivity contribution in [3.8, 4) is 55.9 Å². The van der Waals surface area contributed by atoms with Crippen molar-refractivity contribution in [1.82, 2.24) is 9.13 Å². The molecule has 0 saturated carbocycles. The van der Waals surface area contributed by atoms with Gasteiger partial charge in [0.1, 0.15) is 0 Å². The molecule has 2 aliphatic rings. The Kier molecular flexibility index (Phi) is 20.7. The first-order chi connectivity index (χ1) is 58.9. The molecule has 15 aromatic rings. The minimum Gasteiger partial charge on any atom is -0.311 e. The molecule has 4 nitrogen and oxygen atoms in total. The third-order valence-electron chi connectivity index (χ3n) is 28.0. The number of benzene rings is 13. The molecule has 2 aromatic heterocycles. The Morgan fingerprint density at radius 1 is 0.197 bits per heavy atom. The summed E-state index contributed by atoms with van der Waals surface area (Å²) in [4.78, 5) is 5.56. The summed E-state index contributed by atoms with van der Waals surface area (Å²) in [5.41, 5.74) is 40.2. The number of rotatable bonds is 8. The molecule has 0 saturated heterocycles. The number of nitrogens with zero attached hydrogens (tertiary/aromatic N) is 4. The van der Waals surface area contributed by atoms with Crippen LogP contribution in [0, 0.1) is 0 Å². The van der Waals surface area contributed by atoms with Crippen molar-refractivity contribution < 1.29 is 0 Å². The van der Waals surface area contributed by atoms with E-state index in [2.05, 4.69) is 490 Å². The lowest BCUT2D eigenvalue weighted by atomic mass is 9.33. The first-order valence-electron chi connectivity index (χ1n) is 47.0. The standard InChI is InChI=1S/C122H139BN4/c1-112(2,3)78-46-40-74(41-47-78)87-56-44-76(109-93(119(22,23)24)36-34-37-94(109)120(25,26)27)64-103(87)126-105-72-85(124-99-60-50-80(114(7,8)9)66-89(99)90-67-81(115(10,11)12)51-61-100(90)124)54-58-97(105)123-98-59-55-86(125-101-62-52-82(116(13,14)15)68-91(101)92-69-83(117(16,17)18)53-63-102(92)125)73-106(98)127(108-71-84(118(19,20)21)70-107(126)111(108)123)104-65-77(45-57-88(104)75-42-48-79(49-43-75)113(4,5)6)110-95(121(28,29)30)38-35-39-96(110)122(31,32)33/h34-73H,1-33H3. The second kappa shape index (κ2) is 29.9. The van der Waals surface area contributed by atoms with Crippen molar-refractivity contribution in [2.24, 2.45) is 0 Å². The van der Waals surface area contributed by atoms with Gasteiger partial charge in [-0.1, -0.05) is 374 Å². The Bertz CT molecular complexity index is 6310. The van der Waals surface area contributed by atoms with E-state index in [9.17, 15) is 0 Å². The molecule has 2 aliphatic heterocycles. The molecule has 127 heavy (non-hydrogen) atoms. The summed E-state index contributed by atoms with van der Waals surface area (Å²) in [6.07, 6.45) is 0. The highest BCUT2D eigenvalue weighted by atomic mass is 15.2. The lowest BCUT2D eigenvalue weighted by molar-refractivity contribution is 0.571. The monoisotopic (exact) mass is 1670 g/mol. The third-order valence-corrected chi connectivity index (χ3v) is 28.0. The summed E-state index contributed by atoms with van der Waals surface area (Å²) in [6, 6.07) is 98.4. The van der Waals surface area contributed by atoms with Gasteiger partial charge in [-0.05, 0) is 268 Å². The van der Waals surface area contributed by atoms with E-state index in [1.165, 1.54) is 166 Å². The minimum absolute atomic E-state index is 0.0663. The Labute approximate surface area is 762 Å². The SMILES string of the molecule is CC(C)(C)c1ccc(-c2ccc(-c3c(C(C)(C)C)cccc3C(C)(C)C)cc2N2c3cc(-n4c5ccc(C(C)(C)C)cc5c5cc(C(C)(C)C)ccc54)ccc3B3c4ccc(-n5c6ccc(C(C)(C)C)cc6c6cc(C(C)(C)C)ccc65)cc4N(c4cc(-c5c(C(C)(C)C)cccc5C(C)(C)C)ccc4-c4ccc(C(C)(C)C)cc4)c4cc(C(C)(C)C)cc2c43)cc1. The molecule has 13 aromatic carbocycles. The third kappa shape index (κ3) is 15.6. The summed E-state index contributed by atoms with van der Waals surface area (Å²) < 4.78 is 5.20. The fraction of sp³-hybridized carbons (Fsp3) is 0.361. The minimum atomic E-state index is -0.369. The summed E-state index contributed by atoms with van der Waals surface area (Å²) in [6.45, 7) is 78.1. The van der Waals surface area contributed by atoms with Crippen LogP contribution in [0.4, 0.5) is 34.1 Å². The number of anilines is 6. The van der Waals surface area contributed by atoms with Crippen LogP contribution in [0.25, 0.3) is 99.5 Å². The number of hydrogen-bond donors (Lipinski definition) is 0. The van der Waals surface area contributed by atoms with Crippen molar-refractivity contribution in [3.05, 3.63) is 304 Å². The van der Waals surface area contributed by atoms with E-state index in [1.54, 1.807) is 0 Å². The highest BCUT2D eigenvalue weighted by Crippen LogP contribution is 2.55. The summed E-state index contributed by atoms with van der Waals surface area (Å²) >= 11 is 0. The van der Waals surface area contributed by atoms with Crippen molar-refractivity contribution in [2.75, 3.05) is 9.80 Å². The quantitative estimate of drug-likeness (QED) is 0.141. The Hall–Kier alpha value is -10.9. The second-order valence-corrected chi connectivity index (χ2v) is 48.9. The molecule has 4 heterocycles. The van der Waals surface area contributed by atoms with Gasteiger partial charge in [-0.3, -0.25) is 0 Å². The number of aromatic nitrogens is 2. The van der Waals surface area contributed by atoms with E-state index >= 15 is 0 Å². The maximum atomic E-state index is 2.78. The molecule has 0 N–H and O–H groups in total. The van der Waals surface area contributed by atoms with Crippen LogP contribution in [0.2, 0.25) is 0 Å². The molecule has 0 amide bonds. The van der Waals surface area contributed by atoms with Crippen LogP contribution in [-0.4, -0.2) is 15.8 Å². The molecular formula is C122H139BN4. The predicted molar refractivity (Wildman–Crippen MR) is 557 cm³/mol. The van der Waals surface area contributed by atoms with Gasteiger partial charge in [-0.25, -0.2) is 0 Å². The summed E-state index contributed by atoms with van der Waals surface area (Å²) in [7, 11) is 0. The van der Waals surface area contributed by atoms with E-state index in [1.807, 2.05) is 0 Å². The average Bonchev–Trinajstić information content (AvgIpc) is 0.839.